The molecule has 0 atom stereocenters. The van der Waals surface area contributed by atoms with E-state index < -0.39 is 0 Å². The average molecular weight is 441 g/mol. The molecule has 0 saturated carbocycles. The first-order valence-corrected chi connectivity index (χ1v) is 10.4. The Balaban J connectivity index is 1.41. The summed E-state index contributed by atoms with van der Waals surface area (Å²) >= 11 is 0. The number of pyridine rings is 1. The molecule has 0 aliphatic carbocycles. The number of ether oxygens (including phenoxy) is 1. The summed E-state index contributed by atoms with van der Waals surface area (Å²) < 4.78 is 5.02. The third kappa shape index (κ3) is 5.82. The van der Waals surface area contributed by atoms with Crippen molar-refractivity contribution in [2.24, 2.45) is 0 Å². The quantitative estimate of drug-likeness (QED) is 0.361. The van der Waals surface area contributed by atoms with Gasteiger partial charge in [0.05, 0.1) is 12.7 Å². The molecule has 2 aromatic heterocycles. The molecule has 166 valence electrons. The maximum atomic E-state index is 12.4. The molecule has 8 nitrogen and oxygen atoms in total. The van der Waals surface area contributed by atoms with Gasteiger partial charge < -0.3 is 20.7 Å². The molecule has 4 rings (SSSR count). The molecular formula is C25H24N6O2. The lowest BCUT2D eigenvalue weighted by atomic mass is 10.2. The highest BCUT2D eigenvalue weighted by Crippen LogP contribution is 2.21. The van der Waals surface area contributed by atoms with Gasteiger partial charge >= 0.3 is 0 Å². The van der Waals surface area contributed by atoms with Gasteiger partial charge in [-0.25, -0.2) is 9.97 Å². The molecule has 0 saturated heterocycles. The van der Waals surface area contributed by atoms with Crippen LogP contribution in [0.2, 0.25) is 0 Å². The first kappa shape index (κ1) is 21.8. The van der Waals surface area contributed by atoms with Crippen LogP contribution >= 0.6 is 0 Å². The van der Waals surface area contributed by atoms with Crippen molar-refractivity contribution >= 4 is 34.7 Å². The Labute approximate surface area is 192 Å². The summed E-state index contributed by atoms with van der Waals surface area (Å²) in [4.78, 5) is 25.5. The Bertz CT molecular complexity index is 1240. The molecule has 0 fully saturated rings. The third-order valence-corrected chi connectivity index (χ3v) is 4.78. The van der Waals surface area contributed by atoms with E-state index in [0.717, 1.165) is 17.1 Å². The fourth-order valence-electron chi connectivity index (χ4n) is 3.08. The Hall–Kier alpha value is -4.46. The van der Waals surface area contributed by atoms with Crippen molar-refractivity contribution in [3.63, 3.8) is 0 Å². The number of methoxy groups -OCH3 is 1. The minimum Gasteiger partial charge on any atom is -0.481 e. The average Bonchev–Trinajstić information content (AvgIpc) is 2.81. The van der Waals surface area contributed by atoms with E-state index in [2.05, 4.69) is 30.9 Å². The van der Waals surface area contributed by atoms with Crippen molar-refractivity contribution < 1.29 is 9.53 Å². The van der Waals surface area contributed by atoms with Crippen LogP contribution in [-0.2, 0) is 0 Å². The second-order valence-corrected chi connectivity index (χ2v) is 7.45. The number of aromatic nitrogens is 3. The van der Waals surface area contributed by atoms with E-state index in [1.54, 1.807) is 12.1 Å². The zero-order chi connectivity index (χ0) is 23.2. The Kier molecular flexibility index (Phi) is 6.45. The highest BCUT2D eigenvalue weighted by molar-refractivity contribution is 6.04. The molecular weight excluding hydrogens is 416 g/mol. The van der Waals surface area contributed by atoms with Crippen LogP contribution in [0.25, 0.3) is 0 Å². The normalized spacial score (nSPS) is 10.4. The number of hydrogen-bond acceptors (Lipinski definition) is 7. The third-order valence-electron chi connectivity index (χ3n) is 4.78. The standard InChI is InChI=1S/C25H24N6O2/c1-16-4-7-21(8-5-16)30-25-27-17(2)14-22(31-25)28-19-9-11-20(12-10-19)29-24(32)18-6-13-23(33-3)26-15-18/h4-15H,1-3H3,(H,29,32)(H2,27,28,30,31). The largest absolute Gasteiger partial charge is 0.481 e. The van der Waals surface area contributed by atoms with Crippen LogP contribution < -0.4 is 20.7 Å². The number of carbonyl (C=O) groups is 1. The number of carbonyl (C=O) groups excluding carboxylic acids is 1. The summed E-state index contributed by atoms with van der Waals surface area (Å²) in [6.45, 7) is 3.96. The van der Waals surface area contributed by atoms with Crippen LogP contribution in [-0.4, -0.2) is 28.0 Å². The van der Waals surface area contributed by atoms with Crippen LogP contribution in [0, 0.1) is 13.8 Å². The zero-order valence-corrected chi connectivity index (χ0v) is 18.6. The highest BCUT2D eigenvalue weighted by Gasteiger charge is 2.08. The van der Waals surface area contributed by atoms with E-state index >= 15 is 0 Å². The van der Waals surface area contributed by atoms with Gasteiger partial charge in [0.1, 0.15) is 5.82 Å². The van der Waals surface area contributed by atoms with Crippen LogP contribution in [0.15, 0.2) is 72.9 Å². The molecule has 0 bridgehead atoms. The van der Waals surface area contributed by atoms with Crippen molar-refractivity contribution in [1.29, 1.82) is 0 Å². The minimum atomic E-state index is -0.246. The molecule has 4 aromatic rings. The second kappa shape index (κ2) is 9.78. The van der Waals surface area contributed by atoms with E-state index in [0.29, 0.717) is 28.9 Å². The van der Waals surface area contributed by atoms with Gasteiger partial charge in [0.2, 0.25) is 11.8 Å². The number of benzene rings is 2. The minimum absolute atomic E-state index is 0.246. The van der Waals surface area contributed by atoms with Crippen molar-refractivity contribution in [1.82, 2.24) is 15.0 Å². The predicted molar refractivity (Wildman–Crippen MR) is 130 cm³/mol. The van der Waals surface area contributed by atoms with E-state index in [4.69, 9.17) is 4.74 Å². The Morgan fingerprint density at radius 3 is 2.15 bits per heavy atom. The maximum absolute atomic E-state index is 12.4. The highest BCUT2D eigenvalue weighted by atomic mass is 16.5. The first-order valence-electron chi connectivity index (χ1n) is 10.4. The smallest absolute Gasteiger partial charge is 0.257 e. The van der Waals surface area contributed by atoms with Crippen molar-refractivity contribution in [3.05, 3.63) is 89.7 Å². The second-order valence-electron chi connectivity index (χ2n) is 7.45. The number of nitrogens with one attached hydrogen (secondary N) is 3. The molecule has 0 spiro atoms. The van der Waals surface area contributed by atoms with Crippen molar-refractivity contribution in [2.45, 2.75) is 13.8 Å². The molecule has 0 unspecified atom stereocenters. The molecule has 1 amide bonds. The summed E-state index contributed by atoms with van der Waals surface area (Å²) in [5.74, 6) is 1.39. The maximum Gasteiger partial charge on any atom is 0.257 e. The van der Waals surface area contributed by atoms with Gasteiger partial charge in [-0.15, -0.1) is 0 Å². The summed E-state index contributed by atoms with van der Waals surface area (Å²) in [6, 6.07) is 20.6. The van der Waals surface area contributed by atoms with Gasteiger partial charge in [0, 0.05) is 41.1 Å². The van der Waals surface area contributed by atoms with Crippen LogP contribution in [0.1, 0.15) is 21.6 Å². The first-order chi connectivity index (χ1) is 16.0. The molecule has 3 N–H and O–H groups in total. The number of amides is 1. The summed E-state index contributed by atoms with van der Waals surface area (Å²) in [5, 5.41) is 9.36. The number of anilines is 5. The Morgan fingerprint density at radius 2 is 1.48 bits per heavy atom. The van der Waals surface area contributed by atoms with Gasteiger partial charge in [0.25, 0.3) is 5.91 Å². The number of hydrogen-bond donors (Lipinski definition) is 3. The van der Waals surface area contributed by atoms with Gasteiger partial charge in [0.15, 0.2) is 0 Å². The van der Waals surface area contributed by atoms with Crippen LogP contribution in [0.4, 0.5) is 28.8 Å². The van der Waals surface area contributed by atoms with E-state index in [1.165, 1.54) is 18.9 Å². The van der Waals surface area contributed by atoms with Crippen molar-refractivity contribution in [3.8, 4) is 5.88 Å². The van der Waals surface area contributed by atoms with Gasteiger partial charge in [-0.3, -0.25) is 4.79 Å². The zero-order valence-electron chi connectivity index (χ0n) is 18.6. The van der Waals surface area contributed by atoms with E-state index in [9.17, 15) is 4.79 Å². The predicted octanol–water partition coefficient (Wildman–Crippen LogP) is 5.24. The van der Waals surface area contributed by atoms with Crippen LogP contribution in [0.3, 0.4) is 0 Å². The fourth-order valence-corrected chi connectivity index (χ4v) is 3.08. The Morgan fingerprint density at radius 1 is 0.818 bits per heavy atom. The topological polar surface area (TPSA) is 101 Å². The van der Waals surface area contributed by atoms with E-state index in [-0.39, 0.29) is 5.91 Å². The molecule has 0 radical (unpaired) electrons. The molecule has 33 heavy (non-hydrogen) atoms. The number of rotatable bonds is 7. The fraction of sp³-hybridized carbons (Fsp3) is 0.120. The number of aryl methyl sites for hydroxylation is 2. The monoisotopic (exact) mass is 440 g/mol. The van der Waals surface area contributed by atoms with Gasteiger partial charge in [-0.1, -0.05) is 17.7 Å². The van der Waals surface area contributed by atoms with Gasteiger partial charge in [-0.2, -0.15) is 4.98 Å². The van der Waals surface area contributed by atoms with Crippen molar-refractivity contribution in [2.75, 3.05) is 23.1 Å². The molecule has 2 aromatic carbocycles. The lowest BCUT2D eigenvalue weighted by Gasteiger charge is -2.11. The molecule has 8 heteroatoms. The van der Waals surface area contributed by atoms with Gasteiger partial charge in [-0.05, 0) is 56.3 Å². The summed E-state index contributed by atoms with van der Waals surface area (Å²) in [6.07, 6.45) is 1.48. The lowest BCUT2D eigenvalue weighted by molar-refractivity contribution is 0.102. The molecule has 0 aliphatic heterocycles. The number of nitrogens with zero attached hydrogens (tertiary/aromatic N) is 3. The summed E-state index contributed by atoms with van der Waals surface area (Å²) in [5.41, 5.74) is 4.89. The van der Waals surface area contributed by atoms with E-state index in [1.807, 2.05) is 68.4 Å². The lowest BCUT2D eigenvalue weighted by Crippen LogP contribution is -2.12. The molecule has 0 aliphatic rings. The SMILES string of the molecule is COc1ccc(C(=O)Nc2ccc(Nc3cc(C)nc(Nc4ccc(C)cc4)n3)cc2)cn1. The summed E-state index contributed by atoms with van der Waals surface area (Å²) in [7, 11) is 1.53. The molecule has 2 heterocycles. The van der Waals surface area contributed by atoms with Crippen LogP contribution in [0.5, 0.6) is 5.88 Å².